The summed E-state index contributed by atoms with van der Waals surface area (Å²) in [6.45, 7) is 2.74. The number of nitrogens with one attached hydrogen (secondary N) is 1. The highest BCUT2D eigenvalue weighted by molar-refractivity contribution is 8.00. The summed E-state index contributed by atoms with van der Waals surface area (Å²) >= 11 is 1.35. The molecule has 0 aromatic heterocycles. The van der Waals surface area contributed by atoms with Crippen LogP contribution < -0.4 is 15.0 Å². The largest absolute Gasteiger partial charge is 0.494 e. The number of anilines is 2. The molecular formula is C31H28N2O4S. The maximum absolute atomic E-state index is 13.1. The lowest BCUT2D eigenvalue weighted by Gasteiger charge is -2.16. The summed E-state index contributed by atoms with van der Waals surface area (Å²) < 4.78 is 5.67. The van der Waals surface area contributed by atoms with Crippen molar-refractivity contribution in [2.75, 3.05) is 16.8 Å². The number of hydrogen-bond acceptors (Lipinski definition) is 5. The Morgan fingerprint density at radius 2 is 1.68 bits per heavy atom. The van der Waals surface area contributed by atoms with E-state index in [4.69, 9.17) is 4.74 Å². The minimum atomic E-state index is -0.499. The van der Waals surface area contributed by atoms with Crippen LogP contribution in [0.2, 0.25) is 0 Å². The van der Waals surface area contributed by atoms with Gasteiger partial charge in [-0.3, -0.25) is 14.4 Å². The minimum Gasteiger partial charge on any atom is -0.494 e. The van der Waals surface area contributed by atoms with E-state index in [2.05, 4.69) is 12.2 Å². The number of thioether (sulfide) groups is 1. The summed E-state index contributed by atoms with van der Waals surface area (Å²) in [4.78, 5) is 40.6. The van der Waals surface area contributed by atoms with Gasteiger partial charge in [-0.25, -0.2) is 4.90 Å². The van der Waals surface area contributed by atoms with E-state index >= 15 is 0 Å². The Balaban J connectivity index is 1.19. The summed E-state index contributed by atoms with van der Waals surface area (Å²) in [5.74, 6) is 0.0879. The van der Waals surface area contributed by atoms with Gasteiger partial charge in [-0.15, -0.1) is 11.8 Å². The van der Waals surface area contributed by atoms with Crippen molar-refractivity contribution in [3.05, 3.63) is 96.6 Å². The number of ether oxygens (including phenoxy) is 1. The van der Waals surface area contributed by atoms with Crippen LogP contribution in [0.5, 0.6) is 5.75 Å². The molecule has 1 fully saturated rings. The van der Waals surface area contributed by atoms with Crippen molar-refractivity contribution < 1.29 is 19.1 Å². The number of unbranched alkanes of at least 4 members (excludes halogenated alkanes) is 1. The van der Waals surface area contributed by atoms with Crippen molar-refractivity contribution in [1.29, 1.82) is 0 Å². The number of nitrogens with zero attached hydrogens (tertiary/aromatic N) is 1. The number of carbonyl (C=O) groups excluding carboxylic acids is 3. The Morgan fingerprint density at radius 3 is 2.42 bits per heavy atom. The zero-order valence-electron chi connectivity index (χ0n) is 21.1. The Labute approximate surface area is 226 Å². The zero-order chi connectivity index (χ0) is 26.5. The first-order valence-electron chi connectivity index (χ1n) is 12.7. The molecular weight excluding hydrogens is 496 g/mol. The number of imide groups is 1. The molecule has 1 unspecified atom stereocenters. The summed E-state index contributed by atoms with van der Waals surface area (Å²) in [7, 11) is 0. The molecule has 4 aromatic rings. The van der Waals surface area contributed by atoms with Crippen LogP contribution in [0.15, 0.2) is 95.9 Å². The first-order chi connectivity index (χ1) is 18.5. The Bertz CT molecular complexity index is 1470. The monoisotopic (exact) mass is 524 g/mol. The second-order valence-corrected chi connectivity index (χ2v) is 10.4. The second-order valence-electron chi connectivity index (χ2n) is 9.11. The number of benzene rings is 4. The Hall–Kier alpha value is -4.10. The van der Waals surface area contributed by atoms with Crippen LogP contribution in [-0.2, 0) is 9.59 Å². The average molecular weight is 525 g/mol. The molecule has 6 nitrogen and oxygen atoms in total. The molecule has 7 heteroatoms. The van der Waals surface area contributed by atoms with Gasteiger partial charge in [-0.05, 0) is 77.9 Å². The molecule has 1 atom stereocenters. The van der Waals surface area contributed by atoms with Crippen LogP contribution in [-0.4, -0.2) is 29.6 Å². The van der Waals surface area contributed by atoms with Crippen molar-refractivity contribution in [3.63, 3.8) is 0 Å². The number of carbonyl (C=O) groups is 3. The highest BCUT2D eigenvalue weighted by Crippen LogP contribution is 2.35. The predicted octanol–water partition coefficient (Wildman–Crippen LogP) is 6.70. The van der Waals surface area contributed by atoms with Crippen LogP contribution in [0.25, 0.3) is 10.8 Å². The zero-order valence-corrected chi connectivity index (χ0v) is 21.9. The molecule has 0 bridgehead atoms. The number of hydrogen-bond donors (Lipinski definition) is 1. The van der Waals surface area contributed by atoms with Crippen molar-refractivity contribution in [1.82, 2.24) is 0 Å². The lowest BCUT2D eigenvalue weighted by Crippen LogP contribution is -2.31. The molecule has 192 valence electrons. The minimum absolute atomic E-state index is 0.138. The average Bonchev–Trinajstić information content (AvgIpc) is 3.22. The fourth-order valence-electron chi connectivity index (χ4n) is 4.31. The molecule has 1 aliphatic rings. The van der Waals surface area contributed by atoms with E-state index in [9.17, 15) is 14.4 Å². The predicted molar refractivity (Wildman–Crippen MR) is 152 cm³/mol. The second kappa shape index (κ2) is 11.5. The van der Waals surface area contributed by atoms with E-state index in [1.54, 1.807) is 36.4 Å². The lowest BCUT2D eigenvalue weighted by atomic mass is 10.1. The van der Waals surface area contributed by atoms with Crippen molar-refractivity contribution in [3.8, 4) is 5.75 Å². The summed E-state index contributed by atoms with van der Waals surface area (Å²) in [6, 6.07) is 27.9. The number of rotatable bonds is 9. The molecule has 5 rings (SSSR count). The van der Waals surface area contributed by atoms with Crippen molar-refractivity contribution >= 4 is 51.6 Å². The van der Waals surface area contributed by atoms with Gasteiger partial charge < -0.3 is 10.1 Å². The van der Waals surface area contributed by atoms with E-state index in [1.807, 2.05) is 54.6 Å². The van der Waals surface area contributed by atoms with Crippen molar-refractivity contribution in [2.24, 2.45) is 0 Å². The summed E-state index contributed by atoms with van der Waals surface area (Å²) in [5, 5.41) is 4.51. The first kappa shape index (κ1) is 25.5. The smallest absolute Gasteiger partial charge is 0.255 e. The van der Waals surface area contributed by atoms with Gasteiger partial charge in [-0.2, -0.15) is 0 Å². The maximum Gasteiger partial charge on any atom is 0.255 e. The van der Waals surface area contributed by atoms with Gasteiger partial charge in [-0.1, -0.05) is 43.7 Å². The number of amides is 3. The summed E-state index contributed by atoms with van der Waals surface area (Å²) in [6.07, 6.45) is 2.16. The van der Waals surface area contributed by atoms with Gasteiger partial charge in [0.05, 0.1) is 17.5 Å². The van der Waals surface area contributed by atoms with Gasteiger partial charge in [0.25, 0.3) is 5.91 Å². The molecule has 0 aliphatic carbocycles. The molecule has 38 heavy (non-hydrogen) atoms. The van der Waals surface area contributed by atoms with Crippen LogP contribution in [0.1, 0.15) is 36.5 Å². The van der Waals surface area contributed by atoms with Gasteiger partial charge in [0.15, 0.2) is 0 Å². The SMILES string of the molecule is CCCCOc1ccc(N2C(=O)CC(Sc3ccc(NC(=O)c4ccc5ccccc5c4)cc3)C2=O)cc1. The van der Waals surface area contributed by atoms with E-state index in [-0.39, 0.29) is 24.1 Å². The highest BCUT2D eigenvalue weighted by atomic mass is 32.2. The van der Waals surface area contributed by atoms with Crippen LogP contribution in [0, 0.1) is 0 Å². The van der Waals surface area contributed by atoms with Crippen LogP contribution in [0.4, 0.5) is 11.4 Å². The molecule has 3 amide bonds. The molecule has 1 heterocycles. The third-order valence-electron chi connectivity index (χ3n) is 6.37. The quantitative estimate of drug-likeness (QED) is 0.195. The third kappa shape index (κ3) is 5.73. The fourth-order valence-corrected chi connectivity index (χ4v) is 5.36. The van der Waals surface area contributed by atoms with E-state index in [0.29, 0.717) is 23.5 Å². The molecule has 0 radical (unpaired) electrons. The Kier molecular flexibility index (Phi) is 7.75. The molecule has 0 saturated carbocycles. The van der Waals surface area contributed by atoms with E-state index < -0.39 is 5.25 Å². The molecule has 1 aliphatic heterocycles. The molecule has 1 N–H and O–H groups in total. The van der Waals surface area contributed by atoms with Crippen LogP contribution in [0.3, 0.4) is 0 Å². The normalized spacial score (nSPS) is 15.2. The van der Waals surface area contributed by atoms with Gasteiger partial charge in [0, 0.05) is 22.6 Å². The van der Waals surface area contributed by atoms with Crippen LogP contribution >= 0.6 is 11.8 Å². The van der Waals surface area contributed by atoms with E-state index in [1.165, 1.54) is 16.7 Å². The standard InChI is InChI=1S/C31H28N2O4S/c1-2-3-18-37-26-14-12-25(13-15-26)33-29(34)20-28(31(33)36)38-27-16-10-24(11-17-27)32-30(35)23-9-8-21-6-4-5-7-22(21)19-23/h4-17,19,28H,2-3,18,20H2,1H3,(H,32,35). The molecule has 4 aromatic carbocycles. The third-order valence-corrected chi connectivity index (χ3v) is 7.57. The Morgan fingerprint density at radius 1 is 0.947 bits per heavy atom. The number of fused-ring (bicyclic) bond motifs is 1. The van der Waals surface area contributed by atoms with Gasteiger partial charge in [0.2, 0.25) is 11.8 Å². The van der Waals surface area contributed by atoms with Crippen molar-refractivity contribution in [2.45, 2.75) is 36.3 Å². The first-order valence-corrected chi connectivity index (χ1v) is 13.6. The highest BCUT2D eigenvalue weighted by Gasteiger charge is 2.40. The van der Waals surface area contributed by atoms with Gasteiger partial charge in [0.1, 0.15) is 5.75 Å². The molecule has 1 saturated heterocycles. The van der Waals surface area contributed by atoms with E-state index in [0.717, 1.165) is 34.3 Å². The fraction of sp³-hybridized carbons (Fsp3) is 0.194. The topological polar surface area (TPSA) is 75.7 Å². The van der Waals surface area contributed by atoms with Gasteiger partial charge >= 0.3 is 0 Å². The summed E-state index contributed by atoms with van der Waals surface area (Å²) in [5.41, 5.74) is 1.79. The maximum atomic E-state index is 13.1. The lowest BCUT2D eigenvalue weighted by molar-refractivity contribution is -0.121. The molecule has 0 spiro atoms.